The van der Waals surface area contributed by atoms with Crippen molar-refractivity contribution < 1.29 is 9.53 Å². The Morgan fingerprint density at radius 1 is 1.39 bits per heavy atom. The summed E-state index contributed by atoms with van der Waals surface area (Å²) >= 11 is 11.8. The molecule has 0 aliphatic carbocycles. The van der Waals surface area contributed by atoms with Gasteiger partial charge in [0.05, 0.1) is 11.6 Å². The van der Waals surface area contributed by atoms with Gasteiger partial charge in [-0.05, 0) is 18.2 Å². The van der Waals surface area contributed by atoms with Crippen molar-refractivity contribution in [3.63, 3.8) is 0 Å². The first-order valence-electron chi connectivity index (χ1n) is 5.72. The second kappa shape index (κ2) is 6.27. The molecule has 0 saturated carbocycles. The molecule has 0 aromatic heterocycles. The molecule has 0 spiro atoms. The van der Waals surface area contributed by atoms with Crippen LogP contribution in [0.2, 0.25) is 10.0 Å². The lowest BCUT2D eigenvalue weighted by atomic mass is 10.3. The van der Waals surface area contributed by atoms with Crippen molar-refractivity contribution >= 4 is 29.1 Å². The number of hydrogen-bond donors (Lipinski definition) is 1. The monoisotopic (exact) mass is 288 g/mol. The maximum atomic E-state index is 11.2. The Morgan fingerprint density at radius 2 is 2.22 bits per heavy atom. The normalized spacial score (nSPS) is 16.4. The Hall–Kier alpha value is -0.970. The van der Waals surface area contributed by atoms with Gasteiger partial charge in [0.2, 0.25) is 5.91 Å². The lowest BCUT2D eigenvalue weighted by Crippen LogP contribution is -2.48. The molecule has 98 valence electrons. The average molecular weight is 289 g/mol. The van der Waals surface area contributed by atoms with Gasteiger partial charge in [-0.25, -0.2) is 0 Å². The van der Waals surface area contributed by atoms with Gasteiger partial charge in [0, 0.05) is 24.7 Å². The Kier molecular flexibility index (Phi) is 4.69. The summed E-state index contributed by atoms with van der Waals surface area (Å²) in [4.78, 5) is 13.2. The molecule has 1 aromatic rings. The molecule has 18 heavy (non-hydrogen) atoms. The summed E-state index contributed by atoms with van der Waals surface area (Å²) < 4.78 is 5.57. The Labute approximate surface area is 116 Å². The van der Waals surface area contributed by atoms with Crippen molar-refractivity contribution in [3.8, 4) is 5.75 Å². The number of piperazine rings is 1. The summed E-state index contributed by atoms with van der Waals surface area (Å²) in [5, 5.41) is 3.86. The van der Waals surface area contributed by atoms with E-state index in [1.807, 2.05) is 4.90 Å². The van der Waals surface area contributed by atoms with Gasteiger partial charge in [0.25, 0.3) is 0 Å². The number of halogens is 2. The van der Waals surface area contributed by atoms with E-state index in [1.54, 1.807) is 18.2 Å². The minimum Gasteiger partial charge on any atom is -0.491 e. The van der Waals surface area contributed by atoms with E-state index in [2.05, 4.69) is 5.32 Å². The van der Waals surface area contributed by atoms with Gasteiger partial charge in [-0.2, -0.15) is 0 Å². The fourth-order valence-corrected chi connectivity index (χ4v) is 2.22. The van der Waals surface area contributed by atoms with Crippen molar-refractivity contribution in [2.24, 2.45) is 0 Å². The highest BCUT2D eigenvalue weighted by molar-refractivity contribution is 6.35. The van der Waals surface area contributed by atoms with Gasteiger partial charge in [0.15, 0.2) is 0 Å². The summed E-state index contributed by atoms with van der Waals surface area (Å²) in [7, 11) is 0. The van der Waals surface area contributed by atoms with Crippen LogP contribution in [0.25, 0.3) is 0 Å². The van der Waals surface area contributed by atoms with Crippen LogP contribution in [0.5, 0.6) is 5.75 Å². The molecule has 2 rings (SSSR count). The number of carbonyl (C=O) groups is 1. The van der Waals surface area contributed by atoms with Gasteiger partial charge in [-0.15, -0.1) is 0 Å². The zero-order chi connectivity index (χ0) is 13.0. The third-order valence-corrected chi connectivity index (χ3v) is 3.21. The number of nitrogens with one attached hydrogen (secondary N) is 1. The molecular weight excluding hydrogens is 275 g/mol. The second-order valence-electron chi connectivity index (χ2n) is 4.05. The van der Waals surface area contributed by atoms with Crippen molar-refractivity contribution in [1.82, 2.24) is 10.2 Å². The summed E-state index contributed by atoms with van der Waals surface area (Å²) in [6, 6.07) is 5.12. The highest BCUT2D eigenvalue weighted by Crippen LogP contribution is 2.27. The maximum Gasteiger partial charge on any atom is 0.234 e. The number of rotatable bonds is 4. The second-order valence-corrected chi connectivity index (χ2v) is 4.89. The lowest BCUT2D eigenvalue weighted by molar-refractivity contribution is -0.124. The van der Waals surface area contributed by atoms with Crippen LogP contribution in [0, 0.1) is 0 Å². The lowest BCUT2D eigenvalue weighted by Gasteiger charge is -2.26. The van der Waals surface area contributed by atoms with E-state index in [9.17, 15) is 4.79 Å². The van der Waals surface area contributed by atoms with Crippen LogP contribution in [0.15, 0.2) is 18.2 Å². The molecular formula is C12H14Cl2N2O2. The Balaban J connectivity index is 1.79. The van der Waals surface area contributed by atoms with E-state index in [0.29, 0.717) is 42.0 Å². The van der Waals surface area contributed by atoms with Gasteiger partial charge < -0.3 is 10.1 Å². The standard InChI is InChI=1S/C12H14Cl2N2O2/c13-9-1-2-11(10(14)7-9)18-6-5-16-4-3-15-12(17)8-16/h1-2,7H,3-6,8H2,(H,15,17). The fourth-order valence-electron chi connectivity index (χ4n) is 1.76. The zero-order valence-electron chi connectivity index (χ0n) is 9.79. The highest BCUT2D eigenvalue weighted by atomic mass is 35.5. The van der Waals surface area contributed by atoms with Crippen LogP contribution in [-0.2, 0) is 4.79 Å². The van der Waals surface area contributed by atoms with Gasteiger partial charge >= 0.3 is 0 Å². The molecule has 1 fully saturated rings. The minimum atomic E-state index is 0.0609. The van der Waals surface area contributed by atoms with Crippen LogP contribution in [0.1, 0.15) is 0 Å². The minimum absolute atomic E-state index is 0.0609. The summed E-state index contributed by atoms with van der Waals surface area (Å²) in [6.45, 7) is 3.17. The molecule has 1 aromatic carbocycles. The number of amides is 1. The van der Waals surface area contributed by atoms with E-state index in [4.69, 9.17) is 27.9 Å². The van der Waals surface area contributed by atoms with Gasteiger partial charge in [-0.3, -0.25) is 9.69 Å². The van der Waals surface area contributed by atoms with Gasteiger partial charge in [0.1, 0.15) is 12.4 Å². The van der Waals surface area contributed by atoms with Gasteiger partial charge in [-0.1, -0.05) is 23.2 Å². The summed E-state index contributed by atoms with van der Waals surface area (Å²) in [5.41, 5.74) is 0. The fraction of sp³-hybridized carbons (Fsp3) is 0.417. The molecule has 6 heteroatoms. The number of hydrogen-bond acceptors (Lipinski definition) is 3. The van der Waals surface area contributed by atoms with E-state index < -0.39 is 0 Å². The van der Waals surface area contributed by atoms with Crippen molar-refractivity contribution in [2.45, 2.75) is 0 Å². The first kappa shape index (κ1) is 13.5. The van der Waals surface area contributed by atoms with E-state index in [0.717, 1.165) is 6.54 Å². The molecule has 0 bridgehead atoms. The number of benzene rings is 1. The van der Waals surface area contributed by atoms with Crippen LogP contribution in [0.4, 0.5) is 0 Å². The largest absolute Gasteiger partial charge is 0.491 e. The molecule has 1 N–H and O–H groups in total. The van der Waals surface area contributed by atoms with Crippen molar-refractivity contribution in [3.05, 3.63) is 28.2 Å². The summed E-state index contributed by atoms with van der Waals surface area (Å²) in [5.74, 6) is 0.674. The molecule has 0 radical (unpaired) electrons. The molecule has 1 heterocycles. The quantitative estimate of drug-likeness (QED) is 0.919. The predicted octanol–water partition coefficient (Wildman–Crippen LogP) is 1.80. The molecule has 0 atom stereocenters. The SMILES string of the molecule is O=C1CN(CCOc2ccc(Cl)cc2Cl)CCN1. The topological polar surface area (TPSA) is 41.6 Å². The first-order chi connectivity index (χ1) is 8.65. The molecule has 1 aliphatic rings. The molecule has 1 aliphatic heterocycles. The molecule has 4 nitrogen and oxygen atoms in total. The Morgan fingerprint density at radius 3 is 2.94 bits per heavy atom. The van der Waals surface area contributed by atoms with Crippen LogP contribution in [-0.4, -0.2) is 43.6 Å². The molecule has 0 unspecified atom stereocenters. The molecule has 1 saturated heterocycles. The Bertz CT molecular complexity index is 440. The van der Waals surface area contributed by atoms with E-state index >= 15 is 0 Å². The highest BCUT2D eigenvalue weighted by Gasteiger charge is 2.15. The van der Waals surface area contributed by atoms with E-state index in [-0.39, 0.29) is 5.91 Å². The number of nitrogens with zero attached hydrogens (tertiary/aromatic N) is 1. The summed E-state index contributed by atoms with van der Waals surface area (Å²) in [6.07, 6.45) is 0. The number of ether oxygens (including phenoxy) is 1. The predicted molar refractivity (Wildman–Crippen MR) is 71.4 cm³/mol. The van der Waals surface area contributed by atoms with Crippen LogP contribution >= 0.6 is 23.2 Å². The maximum absolute atomic E-state index is 11.2. The van der Waals surface area contributed by atoms with Crippen molar-refractivity contribution in [2.75, 3.05) is 32.8 Å². The first-order valence-corrected chi connectivity index (χ1v) is 6.47. The van der Waals surface area contributed by atoms with Crippen LogP contribution in [0.3, 0.4) is 0 Å². The van der Waals surface area contributed by atoms with E-state index in [1.165, 1.54) is 0 Å². The third kappa shape index (κ3) is 3.77. The van der Waals surface area contributed by atoms with Crippen molar-refractivity contribution in [1.29, 1.82) is 0 Å². The number of carbonyl (C=O) groups excluding carboxylic acids is 1. The van der Waals surface area contributed by atoms with Crippen LogP contribution < -0.4 is 10.1 Å². The third-order valence-electron chi connectivity index (χ3n) is 2.68. The average Bonchev–Trinajstić information content (AvgIpc) is 2.32. The zero-order valence-corrected chi connectivity index (χ0v) is 11.3. The smallest absolute Gasteiger partial charge is 0.234 e. The molecule has 1 amide bonds.